The number of nitrogens with zero attached hydrogens (tertiary/aromatic N) is 3. The lowest BCUT2D eigenvalue weighted by molar-refractivity contribution is 0.0552. The first kappa shape index (κ1) is 23.4. The first-order valence-electron chi connectivity index (χ1n) is 12.4. The number of aromatic nitrogens is 3. The quantitative estimate of drug-likeness (QED) is 0.305. The van der Waals surface area contributed by atoms with E-state index in [0.29, 0.717) is 19.0 Å². The van der Waals surface area contributed by atoms with Crippen LogP contribution in [0.5, 0.6) is 0 Å². The number of carboxylic acids is 1. The summed E-state index contributed by atoms with van der Waals surface area (Å²) in [5, 5.41) is 14.7. The monoisotopic (exact) mass is 499 g/mol. The van der Waals surface area contributed by atoms with Crippen LogP contribution in [-0.4, -0.2) is 39.0 Å². The molecule has 1 N–H and O–H groups in total. The lowest BCUT2D eigenvalue weighted by Gasteiger charge is -2.33. The Morgan fingerprint density at radius 2 is 1.84 bits per heavy atom. The number of ether oxygens (including phenoxy) is 1. The Bertz CT molecular complexity index is 1610. The number of pyridine rings is 1. The standard InChI is InChI=1S/C29H26FN3O4/c1-16-26(17(2)37-32-16)21-14-25-27(31-15-21)23-8-5-20(29(34)35)13-24(23)33(25)28(19-9-11-36-12-10-19)18-3-6-22(30)7-4-18/h3-8,13-15,19,28H,9-12H2,1-2H3,(H,34,35). The maximum atomic E-state index is 14.0. The largest absolute Gasteiger partial charge is 0.478 e. The molecule has 1 fully saturated rings. The molecular formula is C29H26FN3O4. The van der Waals surface area contributed by atoms with Crippen LogP contribution in [0.15, 0.2) is 59.3 Å². The first-order valence-corrected chi connectivity index (χ1v) is 12.4. The summed E-state index contributed by atoms with van der Waals surface area (Å²) < 4.78 is 27.2. The molecule has 188 valence electrons. The van der Waals surface area contributed by atoms with Gasteiger partial charge in [-0.25, -0.2) is 9.18 Å². The first-order chi connectivity index (χ1) is 17.9. The van der Waals surface area contributed by atoms with E-state index in [1.165, 1.54) is 12.1 Å². The topological polar surface area (TPSA) is 90.4 Å². The summed E-state index contributed by atoms with van der Waals surface area (Å²) in [4.78, 5) is 16.8. The molecule has 1 atom stereocenters. The zero-order valence-electron chi connectivity index (χ0n) is 20.6. The third-order valence-electron chi connectivity index (χ3n) is 7.41. The zero-order valence-corrected chi connectivity index (χ0v) is 20.6. The molecule has 4 heterocycles. The van der Waals surface area contributed by atoms with Gasteiger partial charge in [0.2, 0.25) is 0 Å². The lowest BCUT2D eigenvalue weighted by Crippen LogP contribution is -2.27. The van der Waals surface area contributed by atoms with E-state index in [9.17, 15) is 14.3 Å². The number of rotatable bonds is 5. The summed E-state index contributed by atoms with van der Waals surface area (Å²) in [6, 6.07) is 13.6. The van der Waals surface area contributed by atoms with E-state index >= 15 is 0 Å². The van der Waals surface area contributed by atoms with Gasteiger partial charge in [0, 0.05) is 35.9 Å². The molecule has 7 nitrogen and oxygen atoms in total. The number of carbonyl (C=O) groups is 1. The Morgan fingerprint density at radius 1 is 1.08 bits per heavy atom. The van der Waals surface area contributed by atoms with Crippen molar-refractivity contribution in [2.75, 3.05) is 13.2 Å². The number of aromatic carboxylic acids is 1. The molecule has 6 rings (SSSR count). The minimum Gasteiger partial charge on any atom is -0.478 e. The Labute approximate surface area is 212 Å². The maximum Gasteiger partial charge on any atom is 0.335 e. The highest BCUT2D eigenvalue weighted by Gasteiger charge is 2.31. The van der Waals surface area contributed by atoms with Gasteiger partial charge in [-0.2, -0.15) is 0 Å². The Morgan fingerprint density at radius 3 is 2.51 bits per heavy atom. The number of hydrogen-bond acceptors (Lipinski definition) is 5. The molecule has 1 aliphatic rings. The van der Waals surface area contributed by atoms with Gasteiger partial charge in [-0.1, -0.05) is 17.3 Å². The lowest BCUT2D eigenvalue weighted by atomic mass is 9.86. The molecule has 0 radical (unpaired) electrons. The van der Waals surface area contributed by atoms with Crippen molar-refractivity contribution < 1.29 is 23.6 Å². The minimum absolute atomic E-state index is 0.171. The van der Waals surface area contributed by atoms with Crippen molar-refractivity contribution in [2.24, 2.45) is 5.92 Å². The van der Waals surface area contributed by atoms with Crippen molar-refractivity contribution in [1.29, 1.82) is 0 Å². The molecule has 0 spiro atoms. The summed E-state index contributed by atoms with van der Waals surface area (Å²) in [5.41, 5.74) is 6.12. The molecule has 3 aromatic heterocycles. The molecule has 1 unspecified atom stereocenters. The highest BCUT2D eigenvalue weighted by Crippen LogP contribution is 2.41. The Balaban J connectivity index is 1.69. The molecule has 0 bridgehead atoms. The van der Waals surface area contributed by atoms with Crippen LogP contribution in [0, 0.1) is 25.6 Å². The van der Waals surface area contributed by atoms with Crippen molar-refractivity contribution in [3.8, 4) is 11.1 Å². The van der Waals surface area contributed by atoms with E-state index in [0.717, 1.165) is 57.2 Å². The predicted molar refractivity (Wildman–Crippen MR) is 137 cm³/mol. The van der Waals surface area contributed by atoms with Crippen LogP contribution in [0.2, 0.25) is 0 Å². The summed E-state index contributed by atoms with van der Waals surface area (Å²) >= 11 is 0. The SMILES string of the molecule is Cc1noc(C)c1-c1cnc2c3ccc(C(=O)O)cc3n(C(c3ccc(F)cc3)C3CCOCC3)c2c1. The molecule has 1 saturated heterocycles. The molecular weight excluding hydrogens is 473 g/mol. The number of benzene rings is 2. The molecule has 0 aliphatic carbocycles. The number of aryl methyl sites for hydroxylation is 2. The summed E-state index contributed by atoms with van der Waals surface area (Å²) in [7, 11) is 0. The van der Waals surface area contributed by atoms with E-state index in [1.54, 1.807) is 12.1 Å². The minimum atomic E-state index is -0.993. The van der Waals surface area contributed by atoms with E-state index in [1.807, 2.05) is 38.2 Å². The number of carboxylic acid groups (broad SMARTS) is 1. The van der Waals surface area contributed by atoms with Crippen LogP contribution < -0.4 is 0 Å². The number of halogens is 1. The smallest absolute Gasteiger partial charge is 0.335 e. The van der Waals surface area contributed by atoms with Gasteiger partial charge in [-0.15, -0.1) is 0 Å². The molecule has 2 aromatic carbocycles. The van der Waals surface area contributed by atoms with E-state index in [-0.39, 0.29) is 23.3 Å². The average Bonchev–Trinajstić information content (AvgIpc) is 3.41. The highest BCUT2D eigenvalue weighted by atomic mass is 19.1. The Kier molecular flexibility index (Phi) is 5.76. The number of fused-ring (bicyclic) bond motifs is 3. The van der Waals surface area contributed by atoms with Gasteiger partial charge in [0.05, 0.1) is 33.8 Å². The van der Waals surface area contributed by atoms with Crippen molar-refractivity contribution in [2.45, 2.75) is 32.7 Å². The predicted octanol–water partition coefficient (Wildman–Crippen LogP) is 6.31. The fraction of sp³-hybridized carbons (Fsp3) is 0.276. The van der Waals surface area contributed by atoms with Gasteiger partial charge in [0.1, 0.15) is 11.6 Å². The average molecular weight is 500 g/mol. The summed E-state index contributed by atoms with van der Waals surface area (Å²) in [6.45, 7) is 5.05. The summed E-state index contributed by atoms with van der Waals surface area (Å²) in [5.74, 6) is -0.386. The molecule has 1 aliphatic heterocycles. The van der Waals surface area contributed by atoms with Crippen molar-refractivity contribution in [3.05, 3.63) is 83.1 Å². The van der Waals surface area contributed by atoms with Gasteiger partial charge < -0.3 is 18.9 Å². The second-order valence-corrected chi connectivity index (χ2v) is 9.64. The fourth-order valence-electron chi connectivity index (χ4n) is 5.69. The van der Waals surface area contributed by atoms with E-state index in [2.05, 4.69) is 15.8 Å². The van der Waals surface area contributed by atoms with Gasteiger partial charge in [-0.05, 0) is 74.6 Å². The zero-order chi connectivity index (χ0) is 25.7. The van der Waals surface area contributed by atoms with Crippen molar-refractivity contribution >= 4 is 27.9 Å². The molecule has 8 heteroatoms. The van der Waals surface area contributed by atoms with Crippen LogP contribution in [-0.2, 0) is 4.74 Å². The van der Waals surface area contributed by atoms with Crippen molar-refractivity contribution in [1.82, 2.24) is 14.7 Å². The van der Waals surface area contributed by atoms with Gasteiger partial charge in [0.15, 0.2) is 0 Å². The molecule has 37 heavy (non-hydrogen) atoms. The normalized spacial score (nSPS) is 15.4. The molecule has 0 saturated carbocycles. The van der Waals surface area contributed by atoms with Gasteiger partial charge in [-0.3, -0.25) is 4.98 Å². The second kappa shape index (κ2) is 9.12. The van der Waals surface area contributed by atoms with Gasteiger partial charge >= 0.3 is 5.97 Å². The van der Waals surface area contributed by atoms with Crippen LogP contribution >= 0.6 is 0 Å². The molecule has 0 amide bonds. The fourth-order valence-corrected chi connectivity index (χ4v) is 5.69. The third kappa shape index (κ3) is 3.97. The molecule has 5 aromatic rings. The van der Waals surface area contributed by atoms with Crippen LogP contribution in [0.4, 0.5) is 4.39 Å². The van der Waals surface area contributed by atoms with Crippen LogP contribution in [0.3, 0.4) is 0 Å². The second-order valence-electron chi connectivity index (χ2n) is 9.64. The maximum absolute atomic E-state index is 14.0. The third-order valence-corrected chi connectivity index (χ3v) is 7.41. The van der Waals surface area contributed by atoms with Crippen LogP contribution in [0.1, 0.15) is 46.3 Å². The van der Waals surface area contributed by atoms with E-state index in [4.69, 9.17) is 14.2 Å². The van der Waals surface area contributed by atoms with E-state index < -0.39 is 5.97 Å². The van der Waals surface area contributed by atoms with Crippen molar-refractivity contribution in [3.63, 3.8) is 0 Å². The van der Waals surface area contributed by atoms with Crippen LogP contribution in [0.25, 0.3) is 33.1 Å². The van der Waals surface area contributed by atoms with Gasteiger partial charge in [0.25, 0.3) is 0 Å². The Hall–Kier alpha value is -4.04. The number of hydrogen-bond donors (Lipinski definition) is 1. The highest BCUT2D eigenvalue weighted by molar-refractivity contribution is 6.08. The summed E-state index contributed by atoms with van der Waals surface area (Å²) in [6.07, 6.45) is 3.47.